The molecular weight excluding hydrogens is 374 g/mol. The highest BCUT2D eigenvalue weighted by Gasteiger charge is 2.29. The average molecular weight is 397 g/mol. The van der Waals surface area contributed by atoms with Gasteiger partial charge in [0.1, 0.15) is 10.5 Å². The Hall–Kier alpha value is -2.75. The van der Waals surface area contributed by atoms with Gasteiger partial charge in [-0.3, -0.25) is 5.10 Å². The third-order valence-electron chi connectivity index (χ3n) is 3.21. The number of hydrogen-bond donors (Lipinski definition) is 2. The van der Waals surface area contributed by atoms with Crippen molar-refractivity contribution < 1.29 is 27.4 Å². The van der Waals surface area contributed by atoms with Crippen LogP contribution in [0.4, 0.5) is 4.79 Å². The van der Waals surface area contributed by atoms with Crippen molar-refractivity contribution in [2.75, 3.05) is 6.79 Å². The zero-order valence-electron chi connectivity index (χ0n) is 15.6. The summed E-state index contributed by atoms with van der Waals surface area (Å²) in [5, 5.41) is 6.60. The molecule has 3 rings (SSSR count). The van der Waals surface area contributed by atoms with E-state index in [2.05, 4.69) is 17.1 Å². The number of ether oxygens (including phenoxy) is 3. The molecule has 0 bridgehead atoms. The summed E-state index contributed by atoms with van der Waals surface area (Å²) in [5.41, 5.74) is 0.401. The summed E-state index contributed by atoms with van der Waals surface area (Å²) in [6, 6.07) is 6.37. The van der Waals surface area contributed by atoms with Crippen molar-refractivity contribution >= 4 is 16.1 Å². The first-order chi connectivity index (χ1) is 12.6. The average Bonchev–Trinajstić information content (AvgIpc) is 3.23. The Bertz CT molecular complexity index is 873. The molecule has 0 radical (unpaired) electrons. The van der Waals surface area contributed by atoms with Crippen LogP contribution in [0.15, 0.2) is 35.4 Å². The Morgan fingerprint density at radius 3 is 2.59 bits per heavy atom. The van der Waals surface area contributed by atoms with E-state index < -0.39 is 21.7 Å². The molecule has 2 N–H and O–H groups in total. The Kier molecular flexibility index (Phi) is 6.32. The van der Waals surface area contributed by atoms with Crippen LogP contribution in [-0.2, 0) is 21.2 Å². The Balaban J connectivity index is 0.000000313. The molecule has 1 amide bonds. The van der Waals surface area contributed by atoms with Crippen molar-refractivity contribution in [2.45, 2.75) is 44.6 Å². The number of para-hydroxylation sites is 1. The van der Waals surface area contributed by atoms with Gasteiger partial charge in [0, 0.05) is 11.9 Å². The first-order valence-corrected chi connectivity index (χ1v) is 9.73. The normalized spacial score (nSPS) is 12.7. The summed E-state index contributed by atoms with van der Waals surface area (Å²) >= 11 is 0. The monoisotopic (exact) mass is 397 g/mol. The number of sulfonamides is 1. The van der Waals surface area contributed by atoms with E-state index in [9.17, 15) is 13.2 Å². The highest BCUT2D eigenvalue weighted by Crippen LogP contribution is 2.37. The number of aryl methyl sites for hydroxylation is 1. The molecule has 1 aliphatic heterocycles. The van der Waals surface area contributed by atoms with Crippen LogP contribution in [0.25, 0.3) is 0 Å². The third kappa shape index (κ3) is 5.88. The maximum Gasteiger partial charge on any atom is 0.421 e. The lowest BCUT2D eigenvalue weighted by Gasteiger charge is -2.19. The maximum atomic E-state index is 12.1. The summed E-state index contributed by atoms with van der Waals surface area (Å²) in [7, 11) is -4.09. The number of carbonyl (C=O) groups excluding carboxylic acids is 1. The molecule has 27 heavy (non-hydrogen) atoms. The molecule has 2 heterocycles. The van der Waals surface area contributed by atoms with E-state index in [0.717, 1.165) is 6.42 Å². The Morgan fingerprint density at radius 2 is 2.04 bits per heavy atom. The molecular formula is C17H23N3O6S. The van der Waals surface area contributed by atoms with Crippen LogP contribution < -0.4 is 14.2 Å². The second-order valence-electron chi connectivity index (χ2n) is 6.53. The summed E-state index contributed by atoms with van der Waals surface area (Å²) in [6.45, 7) is 6.94. The van der Waals surface area contributed by atoms with Crippen molar-refractivity contribution in [1.29, 1.82) is 0 Å². The number of H-pyrrole nitrogens is 1. The fourth-order valence-corrected chi connectivity index (χ4v) is 3.09. The standard InChI is InChI=1S/C12H15NO6S.C5H8N2/c1-12(2,3)19-11(14)13-20(15,16)9-6-4-5-8-10(9)18-7-17-8;1-2-5-3-4-6-7-5/h4-6H,7H2,1-3H3,(H,13,14);3-4H,2H2,1H3,(H,6,7). The van der Waals surface area contributed by atoms with E-state index >= 15 is 0 Å². The summed E-state index contributed by atoms with van der Waals surface area (Å²) in [4.78, 5) is 11.4. The van der Waals surface area contributed by atoms with Crippen LogP contribution in [0.2, 0.25) is 0 Å². The lowest BCUT2D eigenvalue weighted by molar-refractivity contribution is 0.0570. The van der Waals surface area contributed by atoms with Crippen LogP contribution in [0.1, 0.15) is 33.4 Å². The van der Waals surface area contributed by atoms with Crippen molar-refractivity contribution in [1.82, 2.24) is 14.9 Å². The number of rotatable bonds is 3. The van der Waals surface area contributed by atoms with Gasteiger partial charge in [-0.1, -0.05) is 13.0 Å². The number of aromatic amines is 1. The van der Waals surface area contributed by atoms with Gasteiger partial charge < -0.3 is 14.2 Å². The second kappa shape index (κ2) is 8.30. The Labute approximate surface area is 158 Å². The van der Waals surface area contributed by atoms with E-state index in [1.165, 1.54) is 17.8 Å². The molecule has 0 spiro atoms. The number of carbonyl (C=O) groups is 1. The first-order valence-electron chi connectivity index (χ1n) is 8.25. The quantitative estimate of drug-likeness (QED) is 0.817. The van der Waals surface area contributed by atoms with Gasteiger partial charge in [-0.05, 0) is 45.4 Å². The minimum atomic E-state index is -4.09. The maximum absolute atomic E-state index is 12.1. The zero-order valence-corrected chi connectivity index (χ0v) is 16.4. The van der Waals surface area contributed by atoms with Gasteiger partial charge in [0.15, 0.2) is 11.5 Å². The van der Waals surface area contributed by atoms with E-state index in [4.69, 9.17) is 14.2 Å². The lowest BCUT2D eigenvalue weighted by atomic mass is 10.2. The molecule has 10 heteroatoms. The molecule has 2 aromatic rings. The van der Waals surface area contributed by atoms with Gasteiger partial charge in [-0.2, -0.15) is 5.10 Å². The smallest absolute Gasteiger partial charge is 0.421 e. The molecule has 1 aromatic heterocycles. The van der Waals surface area contributed by atoms with Crippen LogP contribution in [0.3, 0.4) is 0 Å². The third-order valence-corrected chi connectivity index (χ3v) is 4.54. The fourth-order valence-electron chi connectivity index (χ4n) is 2.06. The molecule has 0 atom stereocenters. The van der Waals surface area contributed by atoms with Crippen molar-refractivity contribution in [3.8, 4) is 11.5 Å². The predicted octanol–water partition coefficient (Wildman–Crippen LogP) is 2.60. The fraction of sp³-hybridized carbons (Fsp3) is 0.412. The zero-order chi connectivity index (χ0) is 20.1. The van der Waals surface area contributed by atoms with E-state index in [0.29, 0.717) is 5.75 Å². The highest BCUT2D eigenvalue weighted by molar-refractivity contribution is 7.90. The summed E-state index contributed by atoms with van der Waals surface area (Å²) < 4.78 is 41.2. The molecule has 0 unspecified atom stereocenters. The lowest BCUT2D eigenvalue weighted by Crippen LogP contribution is -2.36. The van der Waals surface area contributed by atoms with Crippen molar-refractivity contribution in [3.63, 3.8) is 0 Å². The molecule has 0 aliphatic carbocycles. The Morgan fingerprint density at radius 1 is 1.30 bits per heavy atom. The van der Waals surface area contributed by atoms with Gasteiger partial charge in [0.25, 0.3) is 10.0 Å². The van der Waals surface area contributed by atoms with Crippen LogP contribution >= 0.6 is 0 Å². The number of aromatic nitrogens is 2. The minimum absolute atomic E-state index is 0.0612. The molecule has 9 nitrogen and oxygen atoms in total. The second-order valence-corrected chi connectivity index (χ2v) is 8.18. The molecule has 148 valence electrons. The number of amides is 1. The van der Waals surface area contributed by atoms with Crippen LogP contribution in [0, 0.1) is 0 Å². The largest absolute Gasteiger partial charge is 0.454 e. The van der Waals surface area contributed by atoms with Crippen LogP contribution in [0.5, 0.6) is 11.5 Å². The minimum Gasteiger partial charge on any atom is -0.454 e. The number of nitrogens with zero attached hydrogens (tertiary/aromatic N) is 1. The van der Waals surface area contributed by atoms with Crippen molar-refractivity contribution in [3.05, 3.63) is 36.2 Å². The first kappa shape index (κ1) is 20.6. The molecule has 0 saturated heterocycles. The van der Waals surface area contributed by atoms with Gasteiger partial charge >= 0.3 is 6.09 Å². The molecule has 0 fully saturated rings. The summed E-state index contributed by atoms with van der Waals surface area (Å²) in [6.07, 6.45) is 1.76. The van der Waals surface area contributed by atoms with E-state index in [1.807, 2.05) is 10.8 Å². The van der Waals surface area contributed by atoms with Gasteiger partial charge in [-0.15, -0.1) is 0 Å². The molecule has 1 aromatic carbocycles. The SMILES string of the molecule is CC(C)(C)OC(=O)NS(=O)(=O)c1cccc2c1OCO2.CCc1ccn[nH]1. The summed E-state index contributed by atoms with van der Waals surface area (Å²) in [5.74, 6) is 0.403. The number of benzene rings is 1. The topological polar surface area (TPSA) is 120 Å². The molecule has 0 saturated carbocycles. The van der Waals surface area contributed by atoms with E-state index in [1.54, 1.807) is 33.0 Å². The number of nitrogens with one attached hydrogen (secondary N) is 2. The van der Waals surface area contributed by atoms with Crippen molar-refractivity contribution in [2.24, 2.45) is 0 Å². The van der Waals surface area contributed by atoms with Gasteiger partial charge in [-0.25, -0.2) is 17.9 Å². The van der Waals surface area contributed by atoms with Crippen LogP contribution in [-0.4, -0.2) is 37.1 Å². The number of hydrogen-bond acceptors (Lipinski definition) is 7. The van der Waals surface area contributed by atoms with Gasteiger partial charge in [0.2, 0.25) is 6.79 Å². The van der Waals surface area contributed by atoms with E-state index in [-0.39, 0.29) is 17.4 Å². The predicted molar refractivity (Wildman–Crippen MR) is 97.1 cm³/mol. The highest BCUT2D eigenvalue weighted by atomic mass is 32.2. The molecule has 1 aliphatic rings. The van der Waals surface area contributed by atoms with Gasteiger partial charge in [0.05, 0.1) is 0 Å². The number of fused-ring (bicyclic) bond motifs is 1.